The Morgan fingerprint density at radius 1 is 0.895 bits per heavy atom. The highest BCUT2D eigenvalue weighted by Gasteiger charge is 2.08. The van der Waals surface area contributed by atoms with E-state index in [0.717, 1.165) is 32.3 Å². The quantitative estimate of drug-likeness (QED) is 0.403. The summed E-state index contributed by atoms with van der Waals surface area (Å²) in [6, 6.07) is 0. The first kappa shape index (κ1) is 23.9. The van der Waals surface area contributed by atoms with Gasteiger partial charge in [0.1, 0.15) is 13.6 Å². The maximum Gasteiger partial charge on any atom is 0.163 e. The molecule has 0 rings (SSSR count). The summed E-state index contributed by atoms with van der Waals surface area (Å²) in [5.74, 6) is 0. The van der Waals surface area contributed by atoms with Crippen molar-refractivity contribution >= 4 is 0 Å². The number of aliphatic hydroxyl groups is 1. The second-order valence-electron chi connectivity index (χ2n) is 4.12. The van der Waals surface area contributed by atoms with Gasteiger partial charge in [0.15, 0.2) is 6.29 Å². The van der Waals surface area contributed by atoms with E-state index in [-0.39, 0.29) is 34.7 Å². The fourth-order valence-electron chi connectivity index (χ4n) is 1.50. The Kier molecular flexibility index (Phi) is 25.4. The Bertz CT molecular complexity index is 142. The lowest BCUT2D eigenvalue weighted by atomic mass is 10.2. The molecule has 4 nitrogen and oxygen atoms in total. The smallest absolute Gasteiger partial charge is 0.163 e. The van der Waals surface area contributed by atoms with Crippen LogP contribution in [0.25, 0.3) is 0 Å². The molecule has 1 unspecified atom stereocenters. The van der Waals surface area contributed by atoms with Crippen molar-refractivity contribution in [3.8, 4) is 0 Å². The van der Waals surface area contributed by atoms with Crippen molar-refractivity contribution in [3.63, 3.8) is 0 Å². The van der Waals surface area contributed by atoms with Crippen molar-refractivity contribution in [3.05, 3.63) is 0 Å². The van der Waals surface area contributed by atoms with E-state index in [1.54, 1.807) is 0 Å². The number of hydrogen-bond donors (Lipinski definition) is 1. The normalized spacial score (nSPS) is 11.5. The van der Waals surface area contributed by atoms with E-state index >= 15 is 0 Å². The van der Waals surface area contributed by atoms with Crippen molar-refractivity contribution in [2.45, 2.75) is 79.9 Å². The molecule has 0 fully saturated rings. The van der Waals surface area contributed by atoms with Crippen molar-refractivity contribution in [1.29, 1.82) is 0 Å². The fourth-order valence-corrected chi connectivity index (χ4v) is 1.50. The molecule has 0 radical (unpaired) electrons. The second kappa shape index (κ2) is 20.2. The summed E-state index contributed by atoms with van der Waals surface area (Å²) >= 11 is 0. The fraction of sp³-hybridized carbons (Fsp3) is 1.00. The number of ether oxygens (including phenoxy) is 3. The van der Waals surface area contributed by atoms with Crippen LogP contribution in [0.4, 0.5) is 0 Å². The molecule has 0 bridgehead atoms. The van der Waals surface area contributed by atoms with E-state index in [2.05, 4.69) is 13.8 Å². The van der Waals surface area contributed by atoms with Gasteiger partial charge in [0.2, 0.25) is 0 Å². The van der Waals surface area contributed by atoms with Gasteiger partial charge in [0, 0.05) is 6.61 Å². The topological polar surface area (TPSA) is 47.9 Å². The Hall–Kier alpha value is -0.160. The predicted octanol–water partition coefficient (Wildman–Crippen LogP) is 4.31. The van der Waals surface area contributed by atoms with Gasteiger partial charge in [-0.05, 0) is 19.3 Å². The van der Waals surface area contributed by atoms with Crippen LogP contribution in [-0.2, 0) is 14.2 Å². The average molecular weight is 280 g/mol. The van der Waals surface area contributed by atoms with E-state index in [4.69, 9.17) is 19.3 Å². The third-order valence-corrected chi connectivity index (χ3v) is 2.53. The molecule has 0 amide bonds. The Morgan fingerprint density at radius 2 is 1.53 bits per heavy atom. The minimum Gasteiger partial charge on any atom is -0.371 e. The van der Waals surface area contributed by atoms with Crippen molar-refractivity contribution in [2.24, 2.45) is 0 Å². The molecule has 0 aromatic rings. The molecular formula is C15H36O4. The van der Waals surface area contributed by atoms with E-state index in [0.29, 0.717) is 0 Å². The lowest BCUT2D eigenvalue weighted by molar-refractivity contribution is -0.222. The van der Waals surface area contributed by atoms with E-state index in [9.17, 15) is 0 Å². The summed E-state index contributed by atoms with van der Waals surface area (Å²) in [6.07, 6.45) is 7.30. The lowest BCUT2D eigenvalue weighted by Crippen LogP contribution is -2.19. The van der Waals surface area contributed by atoms with Crippen molar-refractivity contribution < 1.29 is 19.3 Å². The monoisotopic (exact) mass is 280 g/mol. The van der Waals surface area contributed by atoms with Crippen molar-refractivity contribution in [2.75, 3.05) is 20.2 Å². The van der Waals surface area contributed by atoms with Gasteiger partial charge in [-0.3, -0.25) is 0 Å². The molecular weight excluding hydrogens is 244 g/mol. The summed E-state index contributed by atoms with van der Waals surface area (Å²) in [4.78, 5) is 0. The number of unbranched alkanes of at least 4 members (excludes halogenated alkanes) is 4. The Labute approximate surface area is 120 Å². The average Bonchev–Trinajstić information content (AvgIpc) is 2.34. The SMILES string of the molecule is C.C.CCCCCOCOC(CCCCC)OCO. The lowest BCUT2D eigenvalue weighted by Gasteiger charge is -2.17. The van der Waals surface area contributed by atoms with Gasteiger partial charge in [-0.1, -0.05) is 54.4 Å². The second-order valence-corrected chi connectivity index (χ2v) is 4.12. The van der Waals surface area contributed by atoms with E-state index < -0.39 is 0 Å². The molecule has 0 saturated heterocycles. The van der Waals surface area contributed by atoms with Gasteiger partial charge in [-0.25, -0.2) is 0 Å². The van der Waals surface area contributed by atoms with Gasteiger partial charge in [0.05, 0.1) is 0 Å². The van der Waals surface area contributed by atoms with Gasteiger partial charge >= 0.3 is 0 Å². The first-order chi connectivity index (χ1) is 8.35. The predicted molar refractivity (Wildman–Crippen MR) is 81.0 cm³/mol. The maximum absolute atomic E-state index is 8.72. The molecule has 1 atom stereocenters. The third kappa shape index (κ3) is 17.8. The van der Waals surface area contributed by atoms with Crippen LogP contribution in [0.2, 0.25) is 0 Å². The highest BCUT2D eigenvalue weighted by Crippen LogP contribution is 2.08. The molecule has 0 aliphatic heterocycles. The molecule has 0 aliphatic rings. The Balaban J connectivity index is -0.00000128. The summed E-state index contributed by atoms with van der Waals surface area (Å²) < 4.78 is 15.8. The van der Waals surface area contributed by atoms with E-state index in [1.807, 2.05) is 0 Å². The highest BCUT2D eigenvalue weighted by molar-refractivity contribution is 4.45. The maximum atomic E-state index is 8.72. The van der Waals surface area contributed by atoms with Gasteiger partial charge in [-0.15, -0.1) is 0 Å². The van der Waals surface area contributed by atoms with Crippen LogP contribution < -0.4 is 0 Å². The molecule has 0 saturated carbocycles. The summed E-state index contributed by atoms with van der Waals surface area (Å²) in [5, 5.41) is 8.72. The molecule has 0 aliphatic carbocycles. The van der Waals surface area contributed by atoms with Crippen LogP contribution in [0.1, 0.15) is 73.6 Å². The molecule has 1 N–H and O–H groups in total. The van der Waals surface area contributed by atoms with Gasteiger partial charge in [0.25, 0.3) is 0 Å². The van der Waals surface area contributed by atoms with Crippen molar-refractivity contribution in [1.82, 2.24) is 0 Å². The first-order valence-electron chi connectivity index (χ1n) is 6.76. The first-order valence-corrected chi connectivity index (χ1v) is 6.76. The summed E-state index contributed by atoms with van der Waals surface area (Å²) in [5.41, 5.74) is 0. The number of rotatable bonds is 13. The van der Waals surface area contributed by atoms with Gasteiger partial charge < -0.3 is 19.3 Å². The number of hydrogen-bond acceptors (Lipinski definition) is 4. The molecule has 0 spiro atoms. The Morgan fingerprint density at radius 3 is 2.11 bits per heavy atom. The van der Waals surface area contributed by atoms with Crippen LogP contribution >= 0.6 is 0 Å². The third-order valence-electron chi connectivity index (χ3n) is 2.53. The molecule has 19 heavy (non-hydrogen) atoms. The molecule has 120 valence electrons. The summed E-state index contributed by atoms with van der Waals surface area (Å²) in [6.45, 7) is 5.00. The van der Waals surface area contributed by atoms with Crippen LogP contribution in [0, 0.1) is 0 Å². The van der Waals surface area contributed by atoms with Crippen LogP contribution in [0.3, 0.4) is 0 Å². The van der Waals surface area contributed by atoms with E-state index in [1.165, 1.54) is 19.3 Å². The largest absolute Gasteiger partial charge is 0.371 e. The standard InChI is InChI=1S/C13H28O4.2CH4/c1-3-5-7-9-13(16-11-14)17-12-15-10-8-6-4-2;;/h13-14H,3-12H2,1-2H3;2*1H4. The van der Waals surface area contributed by atoms with Crippen LogP contribution in [0.15, 0.2) is 0 Å². The molecule has 4 heteroatoms. The highest BCUT2D eigenvalue weighted by atomic mass is 16.8. The van der Waals surface area contributed by atoms with Crippen LogP contribution in [0.5, 0.6) is 0 Å². The zero-order valence-electron chi connectivity index (χ0n) is 11.3. The zero-order valence-corrected chi connectivity index (χ0v) is 11.3. The van der Waals surface area contributed by atoms with Crippen LogP contribution in [-0.4, -0.2) is 31.6 Å². The van der Waals surface area contributed by atoms with Gasteiger partial charge in [-0.2, -0.15) is 0 Å². The molecule has 0 heterocycles. The summed E-state index contributed by atoms with van der Waals surface area (Å²) in [7, 11) is 0. The molecule has 0 aromatic heterocycles. The minimum atomic E-state index is -0.335. The number of aliphatic hydroxyl groups excluding tert-OH is 1. The zero-order chi connectivity index (χ0) is 12.8. The molecule has 0 aromatic carbocycles. The minimum absolute atomic E-state index is 0.